The van der Waals surface area contributed by atoms with Crippen molar-refractivity contribution in [3.05, 3.63) is 0 Å². The van der Waals surface area contributed by atoms with Crippen LogP contribution in [0.15, 0.2) is 0 Å². The lowest BCUT2D eigenvalue weighted by molar-refractivity contribution is 0.452. The molecule has 1 saturated carbocycles. The Balaban J connectivity index is 0.00000144. The van der Waals surface area contributed by atoms with E-state index >= 15 is 0 Å². The van der Waals surface area contributed by atoms with Gasteiger partial charge in [-0.15, -0.1) is 12.4 Å². The van der Waals surface area contributed by atoms with E-state index in [1.807, 2.05) is 7.05 Å². The molecule has 0 aromatic carbocycles. The van der Waals surface area contributed by atoms with Crippen LogP contribution in [0.5, 0.6) is 0 Å². The summed E-state index contributed by atoms with van der Waals surface area (Å²) in [7, 11) is -1.09. The topological polar surface area (TPSA) is 49.4 Å². The Morgan fingerprint density at radius 3 is 2.41 bits per heavy atom. The number of hydrogen-bond acceptors (Lipinski definition) is 3. The third kappa shape index (κ3) is 3.81. The highest BCUT2D eigenvalue weighted by atomic mass is 35.5. The quantitative estimate of drug-likeness (QED) is 0.844. The fraction of sp³-hybridized carbons (Fsp3) is 1.00. The average molecular weight is 283 g/mol. The minimum Gasteiger partial charge on any atom is -0.316 e. The zero-order chi connectivity index (χ0) is 11.6. The zero-order valence-electron chi connectivity index (χ0n) is 10.4. The highest BCUT2D eigenvalue weighted by molar-refractivity contribution is 7.89. The normalized spacial score (nSPS) is 27.2. The number of nitrogens with one attached hydrogen (secondary N) is 1. The molecule has 1 aliphatic carbocycles. The van der Waals surface area contributed by atoms with Crippen molar-refractivity contribution < 1.29 is 8.42 Å². The zero-order valence-corrected chi connectivity index (χ0v) is 12.0. The molecule has 0 aromatic heterocycles. The Morgan fingerprint density at radius 2 is 1.88 bits per heavy atom. The van der Waals surface area contributed by atoms with Gasteiger partial charge in [-0.05, 0) is 32.2 Å². The molecule has 1 saturated heterocycles. The van der Waals surface area contributed by atoms with Crippen molar-refractivity contribution in [3.8, 4) is 0 Å². The second-order valence-electron chi connectivity index (χ2n) is 5.06. The van der Waals surface area contributed by atoms with E-state index in [0.29, 0.717) is 30.8 Å². The molecule has 0 radical (unpaired) electrons. The first-order chi connectivity index (χ1) is 7.62. The number of halogens is 1. The summed E-state index contributed by atoms with van der Waals surface area (Å²) in [4.78, 5) is 0. The van der Waals surface area contributed by atoms with Gasteiger partial charge in [-0.3, -0.25) is 0 Å². The van der Waals surface area contributed by atoms with Gasteiger partial charge in [-0.2, -0.15) is 0 Å². The highest BCUT2D eigenvalue weighted by Crippen LogP contribution is 2.27. The molecule has 1 unspecified atom stereocenters. The standard InChI is InChI=1S/C11H22N2O2S.ClH/c1-12-11-6-7-13(8-11)16(14,15)9-10-4-2-3-5-10;/h10-12H,2-9H2,1H3;1H. The van der Waals surface area contributed by atoms with Crippen molar-refractivity contribution in [3.63, 3.8) is 0 Å². The van der Waals surface area contributed by atoms with Crippen molar-refractivity contribution >= 4 is 22.4 Å². The van der Waals surface area contributed by atoms with Crippen LogP contribution in [-0.2, 0) is 10.0 Å². The van der Waals surface area contributed by atoms with Gasteiger partial charge < -0.3 is 5.32 Å². The first-order valence-electron chi connectivity index (χ1n) is 6.27. The van der Waals surface area contributed by atoms with Crippen molar-refractivity contribution in [1.29, 1.82) is 0 Å². The molecule has 1 heterocycles. The lowest BCUT2D eigenvalue weighted by atomic mass is 10.1. The number of rotatable bonds is 4. The Morgan fingerprint density at radius 1 is 1.24 bits per heavy atom. The van der Waals surface area contributed by atoms with Gasteiger partial charge in [-0.1, -0.05) is 12.8 Å². The predicted molar refractivity (Wildman–Crippen MR) is 72.0 cm³/mol. The molecule has 1 aliphatic heterocycles. The van der Waals surface area contributed by atoms with Crippen LogP contribution in [0.4, 0.5) is 0 Å². The van der Waals surface area contributed by atoms with E-state index in [0.717, 1.165) is 19.3 Å². The van der Waals surface area contributed by atoms with Crippen molar-refractivity contribution in [2.75, 3.05) is 25.9 Å². The Hall–Kier alpha value is 0.160. The SMILES string of the molecule is CNC1CCN(S(=O)(=O)CC2CCCC2)C1.Cl. The summed E-state index contributed by atoms with van der Waals surface area (Å²) in [6, 6.07) is 0.346. The van der Waals surface area contributed by atoms with Crippen LogP contribution in [0.3, 0.4) is 0 Å². The molecule has 1 atom stereocenters. The number of sulfonamides is 1. The van der Waals surface area contributed by atoms with E-state index in [9.17, 15) is 8.42 Å². The van der Waals surface area contributed by atoms with Crippen LogP contribution < -0.4 is 5.32 Å². The van der Waals surface area contributed by atoms with Crippen LogP contribution in [0, 0.1) is 5.92 Å². The molecule has 17 heavy (non-hydrogen) atoms. The van der Waals surface area contributed by atoms with Gasteiger partial charge in [0, 0.05) is 19.1 Å². The summed E-state index contributed by atoms with van der Waals surface area (Å²) in [6.45, 7) is 1.35. The van der Waals surface area contributed by atoms with Crippen LogP contribution in [0.25, 0.3) is 0 Å². The monoisotopic (exact) mass is 282 g/mol. The van der Waals surface area contributed by atoms with Crippen LogP contribution >= 0.6 is 12.4 Å². The first-order valence-corrected chi connectivity index (χ1v) is 7.88. The predicted octanol–water partition coefficient (Wildman–Crippen LogP) is 1.22. The van der Waals surface area contributed by atoms with E-state index in [-0.39, 0.29) is 12.4 Å². The number of nitrogens with zero attached hydrogens (tertiary/aromatic N) is 1. The Labute approximate surface area is 111 Å². The van der Waals surface area contributed by atoms with Crippen molar-refractivity contribution in [1.82, 2.24) is 9.62 Å². The minimum atomic E-state index is -2.99. The average Bonchev–Trinajstić information content (AvgIpc) is 2.85. The third-order valence-electron chi connectivity index (χ3n) is 3.87. The molecule has 2 fully saturated rings. The molecule has 0 amide bonds. The minimum absolute atomic E-state index is 0. The van der Waals surface area contributed by atoms with E-state index in [4.69, 9.17) is 0 Å². The van der Waals surface area contributed by atoms with Crippen LogP contribution in [-0.4, -0.2) is 44.7 Å². The lowest BCUT2D eigenvalue weighted by Crippen LogP contribution is -2.36. The Bertz CT molecular complexity index is 328. The Kier molecular flexibility index (Phi) is 5.70. The van der Waals surface area contributed by atoms with Gasteiger partial charge in [0.15, 0.2) is 0 Å². The van der Waals surface area contributed by atoms with Gasteiger partial charge in [0.25, 0.3) is 0 Å². The maximum atomic E-state index is 12.1. The second kappa shape index (κ2) is 6.36. The molecule has 102 valence electrons. The van der Waals surface area contributed by atoms with E-state index < -0.39 is 10.0 Å². The summed E-state index contributed by atoms with van der Waals surface area (Å²) < 4.78 is 26.0. The van der Waals surface area contributed by atoms with Crippen LogP contribution in [0.2, 0.25) is 0 Å². The van der Waals surface area contributed by atoms with E-state index in [1.54, 1.807) is 4.31 Å². The van der Waals surface area contributed by atoms with Crippen LogP contribution in [0.1, 0.15) is 32.1 Å². The van der Waals surface area contributed by atoms with Gasteiger partial charge in [0.1, 0.15) is 0 Å². The molecule has 0 spiro atoms. The maximum absolute atomic E-state index is 12.1. The van der Waals surface area contributed by atoms with Gasteiger partial charge in [0.2, 0.25) is 10.0 Å². The summed E-state index contributed by atoms with van der Waals surface area (Å²) in [6.07, 6.45) is 5.56. The first kappa shape index (κ1) is 15.2. The van der Waals surface area contributed by atoms with Crippen molar-refractivity contribution in [2.24, 2.45) is 5.92 Å². The molecular weight excluding hydrogens is 260 g/mol. The fourth-order valence-electron chi connectivity index (χ4n) is 2.80. The summed E-state index contributed by atoms with van der Waals surface area (Å²) in [5.74, 6) is 0.794. The molecule has 0 aromatic rings. The summed E-state index contributed by atoms with van der Waals surface area (Å²) >= 11 is 0. The van der Waals surface area contributed by atoms with Gasteiger partial charge in [-0.25, -0.2) is 12.7 Å². The molecule has 2 rings (SSSR count). The molecular formula is C11H23ClN2O2S. The lowest BCUT2D eigenvalue weighted by Gasteiger charge is -2.18. The molecule has 6 heteroatoms. The third-order valence-corrected chi connectivity index (χ3v) is 5.88. The number of hydrogen-bond donors (Lipinski definition) is 1. The molecule has 2 aliphatic rings. The summed E-state index contributed by atoms with van der Waals surface area (Å²) in [5.41, 5.74) is 0. The van der Waals surface area contributed by atoms with Gasteiger partial charge >= 0.3 is 0 Å². The fourth-order valence-corrected chi connectivity index (χ4v) is 4.73. The molecule has 0 bridgehead atoms. The van der Waals surface area contributed by atoms with Gasteiger partial charge in [0.05, 0.1) is 5.75 Å². The molecule has 1 N–H and O–H groups in total. The number of likely N-dealkylation sites (N-methyl/N-ethyl adjacent to an activating group) is 1. The van der Waals surface area contributed by atoms with E-state index in [2.05, 4.69) is 5.32 Å². The largest absolute Gasteiger partial charge is 0.316 e. The smallest absolute Gasteiger partial charge is 0.214 e. The van der Waals surface area contributed by atoms with Crippen molar-refractivity contribution in [2.45, 2.75) is 38.1 Å². The maximum Gasteiger partial charge on any atom is 0.214 e. The van der Waals surface area contributed by atoms with E-state index in [1.165, 1.54) is 12.8 Å². The highest BCUT2D eigenvalue weighted by Gasteiger charge is 2.32. The second-order valence-corrected chi connectivity index (χ2v) is 7.07. The molecule has 4 nitrogen and oxygen atoms in total. The summed E-state index contributed by atoms with van der Waals surface area (Å²) in [5, 5.41) is 3.15.